The standard InChI is InChI=1S/C9H19BN2O3/c1-7(2)11-6-9(13)12-5-3-4-8(12)10(14)15/h7-8,11,14-15H,3-6H2,1-2H3/t8-/m0/s1. The molecule has 15 heavy (non-hydrogen) atoms. The maximum absolute atomic E-state index is 11.7. The molecule has 1 aliphatic heterocycles. The third-order valence-corrected chi connectivity index (χ3v) is 2.63. The number of nitrogens with zero attached hydrogens (tertiary/aromatic N) is 1. The van der Waals surface area contributed by atoms with Crippen LogP contribution in [0.4, 0.5) is 0 Å². The van der Waals surface area contributed by atoms with Gasteiger partial charge >= 0.3 is 7.12 Å². The SMILES string of the molecule is CC(C)NCC(=O)N1CCC[C@H]1B(O)O. The molecule has 3 N–H and O–H groups in total. The van der Waals surface area contributed by atoms with Gasteiger partial charge in [-0.1, -0.05) is 13.8 Å². The summed E-state index contributed by atoms with van der Waals surface area (Å²) in [6, 6.07) is 0.258. The van der Waals surface area contributed by atoms with Crippen LogP contribution >= 0.6 is 0 Å². The number of likely N-dealkylation sites (tertiary alicyclic amines) is 1. The van der Waals surface area contributed by atoms with E-state index in [1.807, 2.05) is 13.8 Å². The highest BCUT2D eigenvalue weighted by Gasteiger charge is 2.36. The normalized spacial score (nSPS) is 21.1. The third kappa shape index (κ3) is 3.48. The number of carbonyl (C=O) groups excluding carboxylic acids is 1. The van der Waals surface area contributed by atoms with Crippen LogP contribution in [0, 0.1) is 0 Å². The van der Waals surface area contributed by atoms with E-state index in [0.29, 0.717) is 13.0 Å². The predicted octanol–water partition coefficient (Wildman–Crippen LogP) is -1.01. The molecule has 86 valence electrons. The Morgan fingerprint density at radius 3 is 2.80 bits per heavy atom. The lowest BCUT2D eigenvalue weighted by atomic mass is 9.78. The van der Waals surface area contributed by atoms with Gasteiger partial charge in [0.25, 0.3) is 0 Å². The lowest BCUT2D eigenvalue weighted by molar-refractivity contribution is -0.130. The molecule has 1 aliphatic rings. The van der Waals surface area contributed by atoms with Crippen molar-refractivity contribution in [2.45, 2.75) is 38.7 Å². The molecule has 0 spiro atoms. The maximum atomic E-state index is 11.7. The number of hydrogen-bond donors (Lipinski definition) is 3. The van der Waals surface area contributed by atoms with E-state index in [9.17, 15) is 4.79 Å². The smallest absolute Gasteiger partial charge is 0.426 e. The topological polar surface area (TPSA) is 72.8 Å². The van der Waals surface area contributed by atoms with Gasteiger partial charge in [0, 0.05) is 12.6 Å². The van der Waals surface area contributed by atoms with Crippen molar-refractivity contribution in [1.82, 2.24) is 10.2 Å². The summed E-state index contributed by atoms with van der Waals surface area (Å²) in [5.41, 5.74) is 0. The Kier molecular flexibility index (Phi) is 4.57. The lowest BCUT2D eigenvalue weighted by Crippen LogP contribution is -2.48. The van der Waals surface area contributed by atoms with Gasteiger partial charge in [-0.3, -0.25) is 4.79 Å². The van der Waals surface area contributed by atoms with Crippen molar-refractivity contribution in [3.05, 3.63) is 0 Å². The van der Waals surface area contributed by atoms with Crippen LogP contribution in [0.5, 0.6) is 0 Å². The molecule has 0 radical (unpaired) electrons. The van der Waals surface area contributed by atoms with Crippen molar-refractivity contribution in [3.8, 4) is 0 Å². The molecule has 5 nitrogen and oxygen atoms in total. The highest BCUT2D eigenvalue weighted by Crippen LogP contribution is 2.17. The van der Waals surface area contributed by atoms with Crippen molar-refractivity contribution in [2.24, 2.45) is 0 Å². The molecule has 1 saturated heterocycles. The van der Waals surface area contributed by atoms with Crippen LogP contribution in [-0.4, -0.2) is 53.0 Å². The van der Waals surface area contributed by atoms with Crippen LogP contribution in [0.25, 0.3) is 0 Å². The number of rotatable bonds is 4. The average molecular weight is 214 g/mol. The molecule has 6 heteroatoms. The van der Waals surface area contributed by atoms with Gasteiger partial charge in [0.1, 0.15) is 0 Å². The zero-order valence-electron chi connectivity index (χ0n) is 9.31. The van der Waals surface area contributed by atoms with Gasteiger partial charge in [-0.15, -0.1) is 0 Å². The summed E-state index contributed by atoms with van der Waals surface area (Å²) in [4.78, 5) is 13.3. The summed E-state index contributed by atoms with van der Waals surface area (Å²) < 4.78 is 0. The van der Waals surface area contributed by atoms with Gasteiger partial charge in [0.2, 0.25) is 5.91 Å². The fraction of sp³-hybridized carbons (Fsp3) is 0.889. The molecule has 0 bridgehead atoms. The second-order valence-corrected chi connectivity index (χ2v) is 4.25. The summed E-state index contributed by atoms with van der Waals surface area (Å²) in [5.74, 6) is -0.481. The van der Waals surface area contributed by atoms with Crippen molar-refractivity contribution in [3.63, 3.8) is 0 Å². The largest absolute Gasteiger partial charge is 0.475 e. The van der Waals surface area contributed by atoms with E-state index in [0.717, 1.165) is 6.42 Å². The van der Waals surface area contributed by atoms with E-state index < -0.39 is 13.1 Å². The van der Waals surface area contributed by atoms with Crippen LogP contribution < -0.4 is 5.32 Å². The van der Waals surface area contributed by atoms with E-state index in [2.05, 4.69) is 5.32 Å². The van der Waals surface area contributed by atoms with E-state index in [1.165, 1.54) is 0 Å². The maximum Gasteiger partial charge on any atom is 0.475 e. The molecule has 0 aromatic heterocycles. The van der Waals surface area contributed by atoms with E-state index in [4.69, 9.17) is 10.0 Å². The van der Waals surface area contributed by atoms with Gasteiger partial charge < -0.3 is 20.3 Å². The Morgan fingerprint density at radius 2 is 2.27 bits per heavy atom. The first-order valence-electron chi connectivity index (χ1n) is 5.41. The molecule has 1 rings (SSSR count). The number of hydrogen-bond acceptors (Lipinski definition) is 4. The minimum atomic E-state index is -1.42. The van der Waals surface area contributed by atoms with Gasteiger partial charge in [0.15, 0.2) is 0 Å². The van der Waals surface area contributed by atoms with Crippen LogP contribution in [0.3, 0.4) is 0 Å². The van der Waals surface area contributed by atoms with Crippen molar-refractivity contribution >= 4 is 13.0 Å². The predicted molar refractivity (Wildman–Crippen MR) is 58.1 cm³/mol. The zero-order chi connectivity index (χ0) is 11.4. The van der Waals surface area contributed by atoms with Crippen LogP contribution in [-0.2, 0) is 4.79 Å². The van der Waals surface area contributed by atoms with Crippen LogP contribution in [0.2, 0.25) is 0 Å². The molecule has 1 amide bonds. The van der Waals surface area contributed by atoms with Crippen LogP contribution in [0.15, 0.2) is 0 Å². The second-order valence-electron chi connectivity index (χ2n) is 4.25. The Morgan fingerprint density at radius 1 is 1.60 bits per heavy atom. The highest BCUT2D eigenvalue weighted by molar-refractivity contribution is 6.43. The van der Waals surface area contributed by atoms with Crippen molar-refractivity contribution < 1.29 is 14.8 Å². The summed E-state index contributed by atoms with van der Waals surface area (Å²) in [6.07, 6.45) is 1.51. The van der Waals surface area contributed by atoms with Gasteiger partial charge in [-0.25, -0.2) is 0 Å². The zero-order valence-corrected chi connectivity index (χ0v) is 9.31. The van der Waals surface area contributed by atoms with Crippen molar-refractivity contribution in [2.75, 3.05) is 13.1 Å². The Bertz CT molecular complexity index is 223. The molecule has 1 fully saturated rings. The summed E-state index contributed by atoms with van der Waals surface area (Å²) >= 11 is 0. The summed E-state index contributed by atoms with van der Waals surface area (Å²) in [5, 5.41) is 21.2. The highest BCUT2D eigenvalue weighted by atomic mass is 16.4. The molecular formula is C9H19BN2O3. The molecular weight excluding hydrogens is 195 g/mol. The minimum absolute atomic E-state index is 0.0562. The van der Waals surface area contributed by atoms with E-state index in [1.54, 1.807) is 4.90 Å². The van der Waals surface area contributed by atoms with Gasteiger partial charge in [-0.2, -0.15) is 0 Å². The molecule has 1 atom stereocenters. The van der Waals surface area contributed by atoms with Gasteiger partial charge in [-0.05, 0) is 12.8 Å². The molecule has 0 aromatic carbocycles. The fourth-order valence-electron chi connectivity index (χ4n) is 1.81. The molecule has 1 heterocycles. The van der Waals surface area contributed by atoms with E-state index in [-0.39, 0.29) is 18.5 Å². The van der Waals surface area contributed by atoms with Crippen molar-refractivity contribution in [1.29, 1.82) is 0 Å². The first kappa shape index (κ1) is 12.5. The Balaban J connectivity index is 2.44. The van der Waals surface area contributed by atoms with E-state index >= 15 is 0 Å². The molecule has 0 unspecified atom stereocenters. The quantitative estimate of drug-likeness (QED) is 0.524. The monoisotopic (exact) mass is 214 g/mol. The molecule has 0 aromatic rings. The first-order chi connectivity index (χ1) is 7.02. The van der Waals surface area contributed by atoms with Crippen LogP contribution in [0.1, 0.15) is 26.7 Å². The molecule has 0 aliphatic carbocycles. The molecule has 0 saturated carbocycles. The Hall–Kier alpha value is -0.585. The second kappa shape index (κ2) is 5.49. The third-order valence-electron chi connectivity index (χ3n) is 2.63. The van der Waals surface area contributed by atoms with Gasteiger partial charge in [0.05, 0.1) is 12.5 Å². The minimum Gasteiger partial charge on any atom is -0.426 e. The lowest BCUT2D eigenvalue weighted by Gasteiger charge is -2.24. The first-order valence-corrected chi connectivity index (χ1v) is 5.41. The summed E-state index contributed by atoms with van der Waals surface area (Å²) in [6.45, 7) is 4.83. The number of amides is 1. The summed E-state index contributed by atoms with van der Waals surface area (Å²) in [7, 11) is -1.42. The fourth-order valence-corrected chi connectivity index (χ4v) is 1.81. The average Bonchev–Trinajstić information content (AvgIpc) is 2.62. The Labute approximate surface area is 90.6 Å². The number of carbonyl (C=O) groups is 1. The number of nitrogens with one attached hydrogen (secondary N) is 1.